The number of rotatable bonds is 3. The molecule has 100 valence electrons. The van der Waals surface area contributed by atoms with Crippen LogP contribution in [0.1, 0.15) is 15.9 Å². The SMILES string of the molecule is O=C(OCc1ccccc1)c1c[nH]c2cc(I)ccc12. The maximum atomic E-state index is 12.1. The lowest BCUT2D eigenvalue weighted by atomic mass is 10.2. The zero-order valence-corrected chi connectivity index (χ0v) is 12.8. The molecule has 4 heteroatoms. The second-order valence-corrected chi connectivity index (χ2v) is 5.70. The Morgan fingerprint density at radius 1 is 1.15 bits per heavy atom. The fourth-order valence-corrected chi connectivity index (χ4v) is 2.56. The molecular formula is C16H12INO2. The number of hydrogen-bond donors (Lipinski definition) is 1. The highest BCUT2D eigenvalue weighted by atomic mass is 127. The Kier molecular flexibility index (Phi) is 3.73. The van der Waals surface area contributed by atoms with Gasteiger partial charge in [-0.25, -0.2) is 4.79 Å². The van der Waals surface area contributed by atoms with Crippen molar-refractivity contribution < 1.29 is 9.53 Å². The highest BCUT2D eigenvalue weighted by Gasteiger charge is 2.13. The summed E-state index contributed by atoms with van der Waals surface area (Å²) in [5.41, 5.74) is 2.51. The molecule has 0 unspecified atom stereocenters. The van der Waals surface area contributed by atoms with E-state index in [0.29, 0.717) is 5.56 Å². The fraction of sp³-hybridized carbons (Fsp3) is 0.0625. The zero-order chi connectivity index (χ0) is 13.9. The van der Waals surface area contributed by atoms with Gasteiger partial charge in [-0.15, -0.1) is 0 Å². The van der Waals surface area contributed by atoms with Crippen molar-refractivity contribution >= 4 is 39.5 Å². The molecule has 0 bridgehead atoms. The van der Waals surface area contributed by atoms with Gasteiger partial charge < -0.3 is 9.72 Å². The molecule has 0 aliphatic carbocycles. The van der Waals surface area contributed by atoms with Gasteiger partial charge in [0.15, 0.2) is 0 Å². The third-order valence-electron chi connectivity index (χ3n) is 3.08. The predicted molar refractivity (Wildman–Crippen MR) is 86.6 cm³/mol. The quantitative estimate of drug-likeness (QED) is 0.551. The van der Waals surface area contributed by atoms with Gasteiger partial charge in [-0.1, -0.05) is 36.4 Å². The van der Waals surface area contributed by atoms with E-state index >= 15 is 0 Å². The first-order chi connectivity index (χ1) is 9.74. The van der Waals surface area contributed by atoms with E-state index in [1.165, 1.54) is 0 Å². The minimum Gasteiger partial charge on any atom is -0.457 e. The second kappa shape index (κ2) is 5.66. The van der Waals surface area contributed by atoms with E-state index in [0.717, 1.165) is 20.0 Å². The highest BCUT2D eigenvalue weighted by Crippen LogP contribution is 2.21. The lowest BCUT2D eigenvalue weighted by Gasteiger charge is -2.04. The molecule has 0 fully saturated rings. The Hall–Kier alpha value is -1.82. The predicted octanol–water partition coefficient (Wildman–Crippen LogP) is 4.13. The van der Waals surface area contributed by atoms with E-state index in [4.69, 9.17) is 4.74 Å². The molecule has 0 aliphatic rings. The van der Waals surface area contributed by atoms with Crippen LogP contribution in [0, 0.1) is 3.57 Å². The number of aromatic amines is 1. The van der Waals surface area contributed by atoms with Crippen molar-refractivity contribution in [2.45, 2.75) is 6.61 Å². The summed E-state index contributed by atoms with van der Waals surface area (Å²) in [6.45, 7) is 0.288. The Balaban J connectivity index is 1.79. The molecule has 0 atom stereocenters. The van der Waals surface area contributed by atoms with E-state index in [1.54, 1.807) is 6.20 Å². The highest BCUT2D eigenvalue weighted by molar-refractivity contribution is 14.1. The van der Waals surface area contributed by atoms with Crippen LogP contribution in [-0.2, 0) is 11.3 Å². The summed E-state index contributed by atoms with van der Waals surface area (Å²) in [5.74, 6) is -0.304. The largest absolute Gasteiger partial charge is 0.457 e. The van der Waals surface area contributed by atoms with Gasteiger partial charge in [-0.3, -0.25) is 0 Å². The Morgan fingerprint density at radius 2 is 1.95 bits per heavy atom. The Morgan fingerprint density at radius 3 is 2.75 bits per heavy atom. The van der Waals surface area contributed by atoms with Gasteiger partial charge in [0.2, 0.25) is 0 Å². The second-order valence-electron chi connectivity index (χ2n) is 4.45. The number of hydrogen-bond acceptors (Lipinski definition) is 2. The smallest absolute Gasteiger partial charge is 0.340 e. The molecule has 2 aromatic carbocycles. The first-order valence-electron chi connectivity index (χ1n) is 6.22. The number of nitrogens with one attached hydrogen (secondary N) is 1. The van der Waals surface area contributed by atoms with Crippen molar-refractivity contribution in [3.63, 3.8) is 0 Å². The van der Waals surface area contributed by atoms with Crippen LogP contribution in [0.3, 0.4) is 0 Å². The van der Waals surface area contributed by atoms with E-state index in [9.17, 15) is 4.79 Å². The van der Waals surface area contributed by atoms with Crippen LogP contribution in [0.4, 0.5) is 0 Å². The number of halogens is 1. The third kappa shape index (κ3) is 2.70. The molecule has 0 amide bonds. The summed E-state index contributed by atoms with van der Waals surface area (Å²) >= 11 is 2.24. The molecule has 0 aliphatic heterocycles. The molecule has 0 saturated heterocycles. The zero-order valence-electron chi connectivity index (χ0n) is 10.6. The van der Waals surface area contributed by atoms with E-state index in [-0.39, 0.29) is 12.6 Å². The lowest BCUT2D eigenvalue weighted by Crippen LogP contribution is -2.04. The number of esters is 1. The first kappa shape index (κ1) is 13.2. The van der Waals surface area contributed by atoms with Crippen LogP contribution in [-0.4, -0.2) is 11.0 Å². The van der Waals surface area contributed by atoms with Gasteiger partial charge in [0.1, 0.15) is 6.61 Å². The van der Waals surface area contributed by atoms with Crippen molar-refractivity contribution in [3.8, 4) is 0 Å². The minimum absolute atomic E-state index is 0.288. The van der Waals surface area contributed by atoms with E-state index in [2.05, 4.69) is 27.6 Å². The molecule has 0 saturated carbocycles. The van der Waals surface area contributed by atoms with Crippen molar-refractivity contribution in [1.29, 1.82) is 0 Å². The normalized spacial score (nSPS) is 10.7. The molecular weight excluding hydrogens is 365 g/mol. The summed E-state index contributed by atoms with van der Waals surface area (Å²) in [6, 6.07) is 15.6. The number of benzene rings is 2. The molecule has 0 spiro atoms. The van der Waals surface area contributed by atoms with Crippen molar-refractivity contribution in [1.82, 2.24) is 4.98 Å². The summed E-state index contributed by atoms with van der Waals surface area (Å²) in [4.78, 5) is 15.2. The van der Waals surface area contributed by atoms with Crippen LogP contribution in [0.25, 0.3) is 10.9 Å². The first-order valence-corrected chi connectivity index (χ1v) is 7.29. The van der Waals surface area contributed by atoms with Gasteiger partial charge in [-0.2, -0.15) is 0 Å². The topological polar surface area (TPSA) is 42.1 Å². The number of fused-ring (bicyclic) bond motifs is 1. The molecule has 1 aromatic heterocycles. The van der Waals surface area contributed by atoms with Crippen LogP contribution in [0.2, 0.25) is 0 Å². The van der Waals surface area contributed by atoms with Gasteiger partial charge in [0, 0.05) is 20.7 Å². The van der Waals surface area contributed by atoms with Crippen LogP contribution in [0.5, 0.6) is 0 Å². The number of carbonyl (C=O) groups is 1. The minimum atomic E-state index is -0.304. The van der Waals surface area contributed by atoms with Crippen molar-refractivity contribution in [2.24, 2.45) is 0 Å². The third-order valence-corrected chi connectivity index (χ3v) is 3.75. The monoisotopic (exact) mass is 377 g/mol. The molecule has 0 radical (unpaired) electrons. The lowest BCUT2D eigenvalue weighted by molar-refractivity contribution is 0.0475. The molecule has 3 nitrogen and oxygen atoms in total. The summed E-state index contributed by atoms with van der Waals surface area (Å²) < 4.78 is 6.48. The van der Waals surface area contributed by atoms with Crippen LogP contribution >= 0.6 is 22.6 Å². The average Bonchev–Trinajstić information content (AvgIpc) is 2.89. The Bertz CT molecular complexity index is 750. The number of aromatic nitrogens is 1. The molecule has 1 N–H and O–H groups in total. The van der Waals surface area contributed by atoms with Crippen molar-refractivity contribution in [3.05, 3.63) is 69.4 Å². The summed E-state index contributed by atoms with van der Waals surface area (Å²) in [7, 11) is 0. The van der Waals surface area contributed by atoms with Gasteiger partial charge >= 0.3 is 5.97 Å². The van der Waals surface area contributed by atoms with E-state index in [1.807, 2.05) is 48.5 Å². The molecule has 1 heterocycles. The number of ether oxygens (including phenoxy) is 1. The van der Waals surface area contributed by atoms with Gasteiger partial charge in [0.05, 0.1) is 5.56 Å². The fourth-order valence-electron chi connectivity index (χ4n) is 2.07. The summed E-state index contributed by atoms with van der Waals surface area (Å²) in [6.07, 6.45) is 1.70. The van der Waals surface area contributed by atoms with Crippen molar-refractivity contribution in [2.75, 3.05) is 0 Å². The molecule has 20 heavy (non-hydrogen) atoms. The standard InChI is InChI=1S/C16H12INO2/c17-12-6-7-13-14(9-18-15(13)8-12)16(19)20-10-11-4-2-1-3-5-11/h1-9,18H,10H2. The van der Waals surface area contributed by atoms with Gasteiger partial charge in [-0.05, 0) is 40.3 Å². The summed E-state index contributed by atoms with van der Waals surface area (Å²) in [5, 5.41) is 0.892. The maximum absolute atomic E-state index is 12.1. The van der Waals surface area contributed by atoms with Crippen LogP contribution < -0.4 is 0 Å². The average molecular weight is 377 g/mol. The molecule has 3 aromatic rings. The Labute approximate surface area is 130 Å². The maximum Gasteiger partial charge on any atom is 0.340 e. The van der Waals surface area contributed by atoms with E-state index < -0.39 is 0 Å². The molecule has 3 rings (SSSR count). The number of H-pyrrole nitrogens is 1. The van der Waals surface area contributed by atoms with Crippen LogP contribution in [0.15, 0.2) is 54.7 Å². The van der Waals surface area contributed by atoms with Gasteiger partial charge in [0.25, 0.3) is 0 Å². The number of carbonyl (C=O) groups excluding carboxylic acids is 1.